The smallest absolute Gasteiger partial charge is 0.139 e. The second-order valence-electron chi connectivity index (χ2n) is 2.50. The molecule has 10 heavy (non-hydrogen) atoms. The van der Waals surface area contributed by atoms with E-state index in [1.165, 1.54) is 5.57 Å². The molecule has 1 atom stereocenters. The molecule has 52 valence electrons. The van der Waals surface area contributed by atoms with E-state index in [4.69, 9.17) is 0 Å². The van der Waals surface area contributed by atoms with Crippen LogP contribution in [0.3, 0.4) is 0 Å². The molecule has 2 heterocycles. The van der Waals surface area contributed by atoms with Gasteiger partial charge in [-0.2, -0.15) is 5.10 Å². The molecule has 0 aliphatic carbocycles. The quantitative estimate of drug-likeness (QED) is 0.527. The van der Waals surface area contributed by atoms with E-state index >= 15 is 0 Å². The van der Waals surface area contributed by atoms with Gasteiger partial charge in [0.1, 0.15) is 12.5 Å². The van der Waals surface area contributed by atoms with Crippen LogP contribution in [0.15, 0.2) is 29.0 Å². The molecule has 0 fully saturated rings. The highest BCUT2D eigenvalue weighted by atomic mass is 15.5. The van der Waals surface area contributed by atoms with Crippen LogP contribution in [-0.4, -0.2) is 17.4 Å². The molecule has 0 radical (unpaired) electrons. The van der Waals surface area contributed by atoms with Gasteiger partial charge in [-0.05, 0) is 18.6 Å². The normalized spacial score (nSPS) is 27.9. The predicted molar refractivity (Wildman–Crippen MR) is 40.2 cm³/mol. The van der Waals surface area contributed by atoms with Crippen LogP contribution in [0.1, 0.15) is 6.92 Å². The van der Waals surface area contributed by atoms with Crippen molar-refractivity contribution in [2.75, 3.05) is 0 Å². The molecule has 0 bridgehead atoms. The van der Waals surface area contributed by atoms with Gasteiger partial charge >= 0.3 is 0 Å². The lowest BCUT2D eigenvalue weighted by Gasteiger charge is -2.20. The molecule has 0 spiro atoms. The van der Waals surface area contributed by atoms with Crippen LogP contribution in [0, 0.1) is 0 Å². The lowest BCUT2D eigenvalue weighted by molar-refractivity contribution is 0.447. The Labute approximate surface area is 59.7 Å². The Kier molecular flexibility index (Phi) is 1.03. The molecule has 3 nitrogen and oxygen atoms in total. The number of hydrazone groups is 1. The van der Waals surface area contributed by atoms with Crippen molar-refractivity contribution in [3.63, 3.8) is 0 Å². The van der Waals surface area contributed by atoms with Gasteiger partial charge in [0.05, 0.1) is 0 Å². The largest absolute Gasteiger partial charge is 0.312 e. The standard InChI is InChI=1S/C7H9N3/c1-6-2-3-7-9-8-5-10(7)4-6/h2-5,7,9H,1H3. The Bertz CT molecular complexity index is 227. The Balaban J connectivity index is 2.26. The molecule has 0 amide bonds. The van der Waals surface area contributed by atoms with E-state index in [2.05, 4.69) is 35.8 Å². The Morgan fingerprint density at radius 3 is 3.50 bits per heavy atom. The van der Waals surface area contributed by atoms with Gasteiger partial charge in [0.2, 0.25) is 0 Å². The van der Waals surface area contributed by atoms with Crippen LogP contribution in [0.4, 0.5) is 0 Å². The fourth-order valence-corrected chi connectivity index (χ4v) is 1.09. The minimum absolute atomic E-state index is 0.253. The molecular weight excluding hydrogens is 126 g/mol. The molecule has 0 aromatic rings. The summed E-state index contributed by atoms with van der Waals surface area (Å²) in [5, 5.41) is 3.92. The van der Waals surface area contributed by atoms with Crippen LogP contribution in [0.25, 0.3) is 0 Å². The zero-order valence-electron chi connectivity index (χ0n) is 5.78. The first-order chi connectivity index (χ1) is 4.86. The molecule has 0 saturated heterocycles. The minimum atomic E-state index is 0.253. The second kappa shape index (κ2) is 1.87. The Morgan fingerprint density at radius 1 is 1.70 bits per heavy atom. The van der Waals surface area contributed by atoms with Gasteiger partial charge in [-0.3, -0.25) is 5.43 Å². The van der Waals surface area contributed by atoms with E-state index in [0.717, 1.165) is 0 Å². The van der Waals surface area contributed by atoms with Crippen molar-refractivity contribution in [2.24, 2.45) is 5.10 Å². The molecule has 3 heteroatoms. The third-order valence-corrected chi connectivity index (χ3v) is 1.61. The predicted octanol–water partition coefficient (Wildman–Crippen LogP) is 0.635. The first-order valence-corrected chi connectivity index (χ1v) is 3.29. The average Bonchev–Trinajstić information content (AvgIpc) is 2.33. The van der Waals surface area contributed by atoms with Crippen LogP contribution in [0.2, 0.25) is 0 Å². The summed E-state index contributed by atoms with van der Waals surface area (Å²) >= 11 is 0. The number of hydrogen-bond acceptors (Lipinski definition) is 3. The first kappa shape index (κ1) is 5.53. The summed E-state index contributed by atoms with van der Waals surface area (Å²) in [5.74, 6) is 0. The van der Waals surface area contributed by atoms with Crippen LogP contribution < -0.4 is 5.43 Å². The van der Waals surface area contributed by atoms with E-state index in [-0.39, 0.29) is 6.17 Å². The maximum atomic E-state index is 3.92. The summed E-state index contributed by atoms with van der Waals surface area (Å²) in [6.45, 7) is 2.07. The third kappa shape index (κ3) is 0.708. The van der Waals surface area contributed by atoms with Gasteiger partial charge in [0.15, 0.2) is 0 Å². The van der Waals surface area contributed by atoms with Gasteiger partial charge < -0.3 is 4.90 Å². The van der Waals surface area contributed by atoms with E-state index in [1.54, 1.807) is 6.34 Å². The number of fused-ring (bicyclic) bond motifs is 1. The number of allylic oxidation sites excluding steroid dienone is 2. The van der Waals surface area contributed by atoms with Crippen LogP contribution >= 0.6 is 0 Å². The highest BCUT2D eigenvalue weighted by molar-refractivity contribution is 5.60. The molecular formula is C7H9N3. The van der Waals surface area contributed by atoms with Gasteiger partial charge in [-0.15, -0.1) is 0 Å². The van der Waals surface area contributed by atoms with Crippen molar-refractivity contribution in [3.8, 4) is 0 Å². The highest BCUT2D eigenvalue weighted by Gasteiger charge is 2.16. The second-order valence-corrected chi connectivity index (χ2v) is 2.50. The Morgan fingerprint density at radius 2 is 2.60 bits per heavy atom. The summed E-state index contributed by atoms with van der Waals surface area (Å²) in [4.78, 5) is 2.04. The monoisotopic (exact) mass is 135 g/mol. The average molecular weight is 135 g/mol. The Hall–Kier alpha value is -1.25. The van der Waals surface area contributed by atoms with Gasteiger partial charge in [0, 0.05) is 6.20 Å². The molecule has 2 rings (SSSR count). The molecule has 2 aliphatic rings. The van der Waals surface area contributed by atoms with Crippen molar-refractivity contribution >= 4 is 6.34 Å². The van der Waals surface area contributed by atoms with Gasteiger partial charge in [0.25, 0.3) is 0 Å². The fourth-order valence-electron chi connectivity index (χ4n) is 1.09. The topological polar surface area (TPSA) is 27.6 Å². The van der Waals surface area contributed by atoms with E-state index in [0.29, 0.717) is 0 Å². The van der Waals surface area contributed by atoms with Gasteiger partial charge in [-0.25, -0.2) is 0 Å². The van der Waals surface area contributed by atoms with E-state index < -0.39 is 0 Å². The molecule has 2 aliphatic heterocycles. The third-order valence-electron chi connectivity index (χ3n) is 1.61. The van der Waals surface area contributed by atoms with Crippen molar-refractivity contribution < 1.29 is 0 Å². The van der Waals surface area contributed by atoms with Crippen molar-refractivity contribution in [1.29, 1.82) is 0 Å². The minimum Gasteiger partial charge on any atom is -0.312 e. The van der Waals surface area contributed by atoms with Crippen molar-refractivity contribution in [2.45, 2.75) is 13.1 Å². The van der Waals surface area contributed by atoms with Crippen LogP contribution in [-0.2, 0) is 0 Å². The number of hydrogen-bond donors (Lipinski definition) is 1. The molecule has 1 N–H and O–H groups in total. The maximum absolute atomic E-state index is 3.92. The van der Waals surface area contributed by atoms with Crippen molar-refractivity contribution in [3.05, 3.63) is 23.9 Å². The van der Waals surface area contributed by atoms with Crippen molar-refractivity contribution in [1.82, 2.24) is 10.3 Å². The molecule has 0 saturated carbocycles. The SMILES string of the molecule is CC1=CN2C=NNC2C=C1. The number of rotatable bonds is 0. The summed E-state index contributed by atoms with van der Waals surface area (Å²) in [6.07, 6.45) is 8.28. The number of nitrogens with one attached hydrogen (secondary N) is 1. The molecule has 1 unspecified atom stereocenters. The fraction of sp³-hybridized carbons (Fsp3) is 0.286. The summed E-state index contributed by atoms with van der Waals surface area (Å²) < 4.78 is 0. The summed E-state index contributed by atoms with van der Waals surface area (Å²) in [7, 11) is 0. The van der Waals surface area contributed by atoms with E-state index in [1.807, 2.05) is 4.90 Å². The summed E-state index contributed by atoms with van der Waals surface area (Å²) in [5.41, 5.74) is 4.20. The maximum Gasteiger partial charge on any atom is 0.139 e. The number of nitrogens with zero attached hydrogens (tertiary/aromatic N) is 2. The zero-order valence-corrected chi connectivity index (χ0v) is 5.78. The highest BCUT2D eigenvalue weighted by Crippen LogP contribution is 2.11. The molecule has 0 aromatic carbocycles. The molecule has 0 aromatic heterocycles. The van der Waals surface area contributed by atoms with E-state index in [9.17, 15) is 0 Å². The van der Waals surface area contributed by atoms with Crippen LogP contribution in [0.5, 0.6) is 0 Å². The summed E-state index contributed by atoms with van der Waals surface area (Å²) in [6, 6.07) is 0. The lowest BCUT2D eigenvalue weighted by Crippen LogP contribution is -2.32. The lowest BCUT2D eigenvalue weighted by atomic mass is 10.2. The first-order valence-electron chi connectivity index (χ1n) is 3.29. The zero-order chi connectivity index (χ0) is 6.97. The van der Waals surface area contributed by atoms with Gasteiger partial charge in [-0.1, -0.05) is 6.08 Å².